The van der Waals surface area contributed by atoms with Crippen molar-refractivity contribution in [3.05, 3.63) is 48.4 Å². The van der Waals surface area contributed by atoms with Crippen LogP contribution in [0.1, 0.15) is 25.8 Å². The molecule has 1 saturated heterocycles. The number of anilines is 2. The summed E-state index contributed by atoms with van der Waals surface area (Å²) >= 11 is 0. The normalized spacial score (nSPS) is 16.8. The van der Waals surface area contributed by atoms with Gasteiger partial charge in [-0.3, -0.25) is 9.88 Å². The van der Waals surface area contributed by atoms with Gasteiger partial charge in [0.1, 0.15) is 17.4 Å². The molecule has 0 saturated carbocycles. The highest BCUT2D eigenvalue weighted by atomic mass is 16.5. The summed E-state index contributed by atoms with van der Waals surface area (Å²) in [6.45, 7) is 10.7. The maximum Gasteiger partial charge on any atom is 0.139 e. The van der Waals surface area contributed by atoms with Gasteiger partial charge in [0.05, 0.1) is 30.4 Å². The number of hydrogen-bond acceptors (Lipinski definition) is 8. The molecule has 5 heterocycles. The van der Waals surface area contributed by atoms with Crippen molar-refractivity contribution >= 4 is 28.2 Å². The van der Waals surface area contributed by atoms with Crippen LogP contribution in [0.2, 0.25) is 0 Å². The number of aryl methyl sites for hydroxylation is 1. The quantitative estimate of drug-likeness (QED) is 0.486. The summed E-state index contributed by atoms with van der Waals surface area (Å²) in [5.41, 5.74) is 7.55. The van der Waals surface area contributed by atoms with Gasteiger partial charge in [0.25, 0.3) is 0 Å². The van der Waals surface area contributed by atoms with Gasteiger partial charge in [-0.15, -0.1) is 0 Å². The van der Waals surface area contributed by atoms with Crippen LogP contribution >= 0.6 is 0 Å². The lowest BCUT2D eigenvalue weighted by molar-refractivity contribution is 0.0363. The molecule has 0 bridgehead atoms. The molecule has 3 aromatic rings. The number of aromatic nitrogens is 3. The fourth-order valence-electron chi connectivity index (χ4n) is 4.45. The van der Waals surface area contributed by atoms with Crippen LogP contribution in [0, 0.1) is 0 Å². The summed E-state index contributed by atoms with van der Waals surface area (Å²) in [5, 5.41) is 5.59. The van der Waals surface area contributed by atoms with Crippen molar-refractivity contribution < 1.29 is 9.47 Å². The van der Waals surface area contributed by atoms with Gasteiger partial charge < -0.3 is 24.4 Å². The standard InChI is InChI=1S/C26H35N7O2/c1-19(2)35-22-14-26(31(3)18-22)30-25-6-5-23-24(29-25)13-20(15-27-23)21-16-28-33(17-21)8-4-7-32-9-11-34-12-10-32/h5-6,13-15,17-19,28H,4,7-12,16H2,1-3H3,(H,29,30). The number of ether oxygens (including phenoxy) is 2. The third kappa shape index (κ3) is 5.93. The van der Waals surface area contributed by atoms with Crippen molar-refractivity contribution in [2.45, 2.75) is 26.4 Å². The Kier molecular flexibility index (Phi) is 7.17. The lowest BCUT2D eigenvalue weighted by atomic mass is 10.1. The van der Waals surface area contributed by atoms with E-state index >= 15 is 0 Å². The minimum absolute atomic E-state index is 0.133. The minimum atomic E-state index is 0.133. The number of nitrogens with zero attached hydrogens (tertiary/aromatic N) is 5. The van der Waals surface area contributed by atoms with Crippen molar-refractivity contribution in [2.24, 2.45) is 7.05 Å². The van der Waals surface area contributed by atoms with E-state index in [2.05, 4.69) is 37.9 Å². The molecule has 5 rings (SSSR count). The minimum Gasteiger partial charge on any atom is -0.489 e. The van der Waals surface area contributed by atoms with Crippen LogP contribution in [0.5, 0.6) is 5.75 Å². The average molecular weight is 478 g/mol. The average Bonchev–Trinajstić information content (AvgIpc) is 3.45. The van der Waals surface area contributed by atoms with Crippen LogP contribution < -0.4 is 15.5 Å². The summed E-state index contributed by atoms with van der Waals surface area (Å²) < 4.78 is 13.2. The largest absolute Gasteiger partial charge is 0.489 e. The monoisotopic (exact) mass is 477 g/mol. The summed E-state index contributed by atoms with van der Waals surface area (Å²) in [6, 6.07) is 8.07. The Labute approximate surface area is 206 Å². The molecule has 0 spiro atoms. The third-order valence-electron chi connectivity index (χ3n) is 6.28. The van der Waals surface area contributed by atoms with Gasteiger partial charge in [-0.25, -0.2) is 10.4 Å². The summed E-state index contributed by atoms with van der Waals surface area (Å²) in [4.78, 5) is 12.0. The maximum atomic E-state index is 5.81. The molecule has 0 unspecified atom stereocenters. The van der Waals surface area contributed by atoms with Crippen LogP contribution in [0.25, 0.3) is 16.6 Å². The molecule has 2 N–H and O–H groups in total. The first-order chi connectivity index (χ1) is 17.0. The SMILES string of the molecule is CC(C)Oc1cc(Nc2ccc3ncc(C4=CN(CCCN5CCOCC5)NC4)cc3n2)n(C)c1. The summed E-state index contributed by atoms with van der Waals surface area (Å²) in [5.74, 6) is 2.54. The second-order valence-corrected chi connectivity index (χ2v) is 9.41. The Morgan fingerprint density at radius 2 is 2.00 bits per heavy atom. The fraction of sp³-hybridized carbons (Fsp3) is 0.462. The van der Waals surface area contributed by atoms with E-state index in [-0.39, 0.29) is 6.10 Å². The molecule has 0 radical (unpaired) electrons. The predicted octanol–water partition coefficient (Wildman–Crippen LogP) is 3.38. The molecule has 2 aliphatic heterocycles. The van der Waals surface area contributed by atoms with Crippen LogP contribution in [-0.2, 0) is 11.8 Å². The fourth-order valence-corrected chi connectivity index (χ4v) is 4.45. The van der Waals surface area contributed by atoms with Gasteiger partial charge in [0.15, 0.2) is 0 Å². The van der Waals surface area contributed by atoms with Crippen LogP contribution in [-0.4, -0.2) is 76.5 Å². The lowest BCUT2D eigenvalue weighted by Crippen LogP contribution is -2.38. The topological polar surface area (TPSA) is 79.7 Å². The van der Waals surface area contributed by atoms with Crippen molar-refractivity contribution in [3.63, 3.8) is 0 Å². The molecular formula is C26H35N7O2. The molecule has 0 aromatic carbocycles. The first-order valence-corrected chi connectivity index (χ1v) is 12.4. The molecule has 0 aliphatic carbocycles. The van der Waals surface area contributed by atoms with E-state index in [1.165, 1.54) is 5.57 Å². The van der Waals surface area contributed by atoms with Crippen LogP contribution in [0.4, 0.5) is 11.6 Å². The highest BCUT2D eigenvalue weighted by molar-refractivity contribution is 5.81. The van der Waals surface area contributed by atoms with E-state index in [0.717, 1.165) is 86.3 Å². The first-order valence-electron chi connectivity index (χ1n) is 12.4. The number of nitrogens with one attached hydrogen (secondary N) is 2. The highest BCUT2D eigenvalue weighted by Gasteiger charge is 2.16. The first kappa shape index (κ1) is 23.6. The van der Waals surface area contributed by atoms with E-state index in [1.54, 1.807) is 0 Å². The van der Waals surface area contributed by atoms with E-state index in [0.29, 0.717) is 0 Å². The summed E-state index contributed by atoms with van der Waals surface area (Å²) in [6.07, 6.45) is 7.36. The van der Waals surface area contributed by atoms with E-state index < -0.39 is 0 Å². The molecule has 1 fully saturated rings. The predicted molar refractivity (Wildman–Crippen MR) is 139 cm³/mol. The van der Waals surface area contributed by atoms with Crippen molar-refractivity contribution in [1.29, 1.82) is 0 Å². The number of morpholine rings is 1. The molecule has 0 atom stereocenters. The number of fused-ring (bicyclic) bond motifs is 1. The van der Waals surface area contributed by atoms with Gasteiger partial charge >= 0.3 is 0 Å². The maximum absolute atomic E-state index is 5.81. The van der Waals surface area contributed by atoms with Crippen LogP contribution in [0.15, 0.2) is 42.9 Å². The van der Waals surface area contributed by atoms with Crippen molar-refractivity contribution in [3.8, 4) is 5.75 Å². The highest BCUT2D eigenvalue weighted by Crippen LogP contribution is 2.26. The molecule has 35 heavy (non-hydrogen) atoms. The zero-order chi connectivity index (χ0) is 24.2. The van der Waals surface area contributed by atoms with Gasteiger partial charge in [-0.05, 0) is 44.0 Å². The van der Waals surface area contributed by atoms with Gasteiger partial charge in [0.2, 0.25) is 0 Å². The molecule has 186 valence electrons. The lowest BCUT2D eigenvalue weighted by Gasteiger charge is -2.27. The molecule has 2 aliphatic rings. The number of hydrazine groups is 1. The van der Waals surface area contributed by atoms with Gasteiger partial charge in [-0.2, -0.15) is 0 Å². The Morgan fingerprint density at radius 3 is 2.83 bits per heavy atom. The number of pyridine rings is 2. The zero-order valence-electron chi connectivity index (χ0n) is 20.8. The van der Waals surface area contributed by atoms with Crippen molar-refractivity contribution in [1.82, 2.24) is 29.9 Å². The molecular weight excluding hydrogens is 442 g/mol. The molecule has 9 nitrogen and oxygen atoms in total. The molecule has 0 amide bonds. The molecule has 3 aromatic heterocycles. The Hall–Kier alpha value is -3.14. The van der Waals surface area contributed by atoms with E-state index in [9.17, 15) is 0 Å². The Balaban J connectivity index is 1.24. The van der Waals surface area contributed by atoms with Gasteiger partial charge in [0, 0.05) is 70.0 Å². The summed E-state index contributed by atoms with van der Waals surface area (Å²) in [7, 11) is 1.99. The van der Waals surface area contributed by atoms with Gasteiger partial charge in [-0.1, -0.05) is 0 Å². The smallest absolute Gasteiger partial charge is 0.139 e. The van der Waals surface area contributed by atoms with Crippen molar-refractivity contribution in [2.75, 3.05) is 51.3 Å². The van der Waals surface area contributed by atoms with Crippen LogP contribution in [0.3, 0.4) is 0 Å². The van der Waals surface area contributed by atoms with E-state index in [1.807, 2.05) is 56.1 Å². The molecule has 9 heteroatoms. The number of hydrogen-bond donors (Lipinski definition) is 2. The second-order valence-electron chi connectivity index (χ2n) is 9.41. The Morgan fingerprint density at radius 1 is 1.14 bits per heavy atom. The number of rotatable bonds is 9. The Bertz CT molecular complexity index is 1180. The zero-order valence-corrected chi connectivity index (χ0v) is 20.8. The van der Waals surface area contributed by atoms with E-state index in [4.69, 9.17) is 14.5 Å². The third-order valence-corrected chi connectivity index (χ3v) is 6.28. The second kappa shape index (κ2) is 10.6.